The third-order valence-electron chi connectivity index (χ3n) is 3.85. The van der Waals surface area contributed by atoms with E-state index in [0.717, 1.165) is 26.9 Å². The predicted molar refractivity (Wildman–Crippen MR) is 108 cm³/mol. The van der Waals surface area contributed by atoms with Crippen LogP contribution >= 0.6 is 23.1 Å². The topological polar surface area (TPSA) is 51.2 Å². The van der Waals surface area contributed by atoms with E-state index in [4.69, 9.17) is 4.74 Å². The number of aromatic nitrogens is 1. The largest absolute Gasteiger partial charge is 0.496 e. The second-order valence-corrected chi connectivity index (χ2v) is 8.10. The monoisotopic (exact) mass is 384 g/mol. The maximum Gasteiger partial charge on any atom is 0.233 e. The van der Waals surface area contributed by atoms with Crippen molar-refractivity contribution in [3.05, 3.63) is 65.5 Å². The summed E-state index contributed by atoms with van der Waals surface area (Å²) in [5.41, 5.74) is 2.99. The Kier molecular flexibility index (Phi) is 6.30. The molecule has 4 nitrogen and oxygen atoms in total. The lowest BCUT2D eigenvalue weighted by atomic mass is 10.2. The summed E-state index contributed by atoms with van der Waals surface area (Å²) in [6, 6.07) is 17.7. The molecule has 1 N–H and O–H groups in total. The Balaban J connectivity index is 1.57. The van der Waals surface area contributed by atoms with Gasteiger partial charge in [0.25, 0.3) is 0 Å². The van der Waals surface area contributed by atoms with Crippen molar-refractivity contribution in [2.45, 2.75) is 23.1 Å². The zero-order chi connectivity index (χ0) is 18.4. The van der Waals surface area contributed by atoms with Crippen LogP contribution in [0.5, 0.6) is 5.75 Å². The van der Waals surface area contributed by atoms with Crippen molar-refractivity contribution in [2.24, 2.45) is 0 Å². The van der Waals surface area contributed by atoms with E-state index in [9.17, 15) is 4.79 Å². The lowest BCUT2D eigenvalue weighted by Crippen LogP contribution is -2.30. The van der Waals surface area contributed by atoms with Gasteiger partial charge in [0, 0.05) is 23.1 Å². The Labute approximate surface area is 161 Å². The van der Waals surface area contributed by atoms with Crippen LogP contribution in [-0.2, 0) is 11.3 Å². The fourth-order valence-corrected chi connectivity index (χ4v) is 4.43. The van der Waals surface area contributed by atoms with Crippen LogP contribution in [-0.4, -0.2) is 23.3 Å². The number of hydrogen-bond acceptors (Lipinski definition) is 5. The molecule has 0 saturated heterocycles. The molecule has 0 aliphatic carbocycles. The molecule has 0 unspecified atom stereocenters. The molecule has 0 fully saturated rings. The fraction of sp³-hybridized carbons (Fsp3) is 0.200. The Hall–Kier alpha value is -2.31. The van der Waals surface area contributed by atoms with Crippen LogP contribution in [0.15, 0.2) is 64.3 Å². The Bertz CT molecular complexity index is 865. The van der Waals surface area contributed by atoms with E-state index in [1.165, 1.54) is 11.8 Å². The minimum Gasteiger partial charge on any atom is -0.496 e. The molecule has 26 heavy (non-hydrogen) atoms. The number of nitrogens with one attached hydrogen (secondary N) is 1. The number of benzene rings is 2. The van der Waals surface area contributed by atoms with Gasteiger partial charge in [-0.15, -0.1) is 11.3 Å². The lowest BCUT2D eigenvalue weighted by molar-refractivity contribution is -0.120. The van der Waals surface area contributed by atoms with Crippen molar-refractivity contribution in [1.82, 2.24) is 10.3 Å². The molecule has 6 heteroatoms. The number of hydrogen-bond donors (Lipinski definition) is 1. The zero-order valence-electron chi connectivity index (χ0n) is 14.6. The Morgan fingerprint density at radius 3 is 2.69 bits per heavy atom. The molecule has 1 aromatic heterocycles. The van der Waals surface area contributed by atoms with Gasteiger partial charge < -0.3 is 10.1 Å². The van der Waals surface area contributed by atoms with Gasteiger partial charge in [0.1, 0.15) is 5.75 Å². The minimum absolute atomic E-state index is 0.0163. The number of rotatable bonds is 7. The fourth-order valence-electron chi connectivity index (χ4n) is 2.43. The molecule has 1 amide bonds. The van der Waals surface area contributed by atoms with Crippen molar-refractivity contribution >= 4 is 29.0 Å². The number of thioether (sulfide) groups is 1. The van der Waals surface area contributed by atoms with Gasteiger partial charge in [-0.3, -0.25) is 4.79 Å². The SMILES string of the molecule is COc1ccccc1CNC(=O)[C@H](C)Sc1nc(-c2ccccc2)cs1. The highest BCUT2D eigenvalue weighted by Crippen LogP contribution is 2.30. The van der Waals surface area contributed by atoms with E-state index in [1.54, 1.807) is 18.4 Å². The molecule has 134 valence electrons. The molecule has 2 aromatic carbocycles. The van der Waals surface area contributed by atoms with Crippen molar-refractivity contribution in [2.75, 3.05) is 7.11 Å². The molecular formula is C20H20N2O2S2. The van der Waals surface area contributed by atoms with Crippen molar-refractivity contribution in [1.29, 1.82) is 0 Å². The van der Waals surface area contributed by atoms with Gasteiger partial charge in [-0.1, -0.05) is 60.3 Å². The van der Waals surface area contributed by atoms with Gasteiger partial charge in [-0.05, 0) is 13.0 Å². The van der Waals surface area contributed by atoms with Crippen LogP contribution in [0.2, 0.25) is 0 Å². The highest BCUT2D eigenvalue weighted by molar-refractivity contribution is 8.02. The number of ether oxygens (including phenoxy) is 1. The number of para-hydroxylation sites is 1. The molecule has 0 saturated carbocycles. The van der Waals surface area contributed by atoms with E-state index in [-0.39, 0.29) is 11.2 Å². The first-order valence-corrected chi connectivity index (χ1v) is 10.0. The smallest absolute Gasteiger partial charge is 0.233 e. The van der Waals surface area contributed by atoms with Crippen LogP contribution in [0, 0.1) is 0 Å². The summed E-state index contributed by atoms with van der Waals surface area (Å²) < 4.78 is 6.21. The minimum atomic E-state index is -0.223. The maximum absolute atomic E-state index is 12.4. The summed E-state index contributed by atoms with van der Waals surface area (Å²) in [7, 11) is 1.63. The van der Waals surface area contributed by atoms with E-state index < -0.39 is 0 Å². The van der Waals surface area contributed by atoms with E-state index in [0.29, 0.717) is 6.54 Å². The van der Waals surface area contributed by atoms with Crippen molar-refractivity contribution < 1.29 is 9.53 Å². The van der Waals surface area contributed by atoms with Gasteiger partial charge in [-0.2, -0.15) is 0 Å². The average molecular weight is 385 g/mol. The summed E-state index contributed by atoms with van der Waals surface area (Å²) in [5.74, 6) is 0.762. The first-order chi connectivity index (χ1) is 12.7. The highest BCUT2D eigenvalue weighted by Gasteiger charge is 2.17. The van der Waals surface area contributed by atoms with Crippen LogP contribution in [0.25, 0.3) is 11.3 Å². The van der Waals surface area contributed by atoms with Crippen LogP contribution in [0.4, 0.5) is 0 Å². The summed E-state index contributed by atoms with van der Waals surface area (Å²) in [4.78, 5) is 17.0. The van der Waals surface area contributed by atoms with Gasteiger partial charge in [-0.25, -0.2) is 4.98 Å². The van der Waals surface area contributed by atoms with Gasteiger partial charge in [0.2, 0.25) is 5.91 Å². The van der Waals surface area contributed by atoms with E-state index >= 15 is 0 Å². The van der Waals surface area contributed by atoms with E-state index in [1.807, 2.05) is 66.9 Å². The molecule has 0 spiro atoms. The first-order valence-electron chi connectivity index (χ1n) is 8.24. The molecule has 3 aromatic rings. The van der Waals surface area contributed by atoms with Crippen LogP contribution in [0.1, 0.15) is 12.5 Å². The summed E-state index contributed by atoms with van der Waals surface area (Å²) >= 11 is 3.04. The standard InChI is InChI=1S/C20H20N2O2S2/c1-14(19(23)21-12-16-10-6-7-11-18(16)24-2)26-20-22-17(13-25-20)15-8-4-3-5-9-15/h3-11,13-14H,12H2,1-2H3,(H,21,23)/t14-/m0/s1. The number of thiazole rings is 1. The normalized spacial score (nSPS) is 11.8. The Morgan fingerprint density at radius 2 is 1.92 bits per heavy atom. The first kappa shape index (κ1) is 18.5. The number of methoxy groups -OCH3 is 1. The van der Waals surface area contributed by atoms with E-state index in [2.05, 4.69) is 10.3 Å². The second-order valence-electron chi connectivity index (χ2n) is 5.65. The van der Waals surface area contributed by atoms with Crippen molar-refractivity contribution in [3.8, 4) is 17.0 Å². The molecular weight excluding hydrogens is 364 g/mol. The average Bonchev–Trinajstić information content (AvgIpc) is 3.15. The quantitative estimate of drug-likeness (QED) is 0.604. The van der Waals surface area contributed by atoms with Gasteiger partial charge >= 0.3 is 0 Å². The third kappa shape index (κ3) is 4.65. The van der Waals surface area contributed by atoms with Gasteiger partial charge in [0.05, 0.1) is 18.1 Å². The summed E-state index contributed by atoms with van der Waals surface area (Å²) in [6.07, 6.45) is 0. The number of nitrogens with zero attached hydrogens (tertiary/aromatic N) is 1. The molecule has 1 heterocycles. The third-order valence-corrected chi connectivity index (χ3v) is 5.92. The molecule has 0 aliphatic heterocycles. The predicted octanol–water partition coefficient (Wildman–Crippen LogP) is 4.62. The summed E-state index contributed by atoms with van der Waals surface area (Å²) in [6.45, 7) is 2.34. The molecule has 0 aliphatic rings. The van der Waals surface area contributed by atoms with Gasteiger partial charge in [0.15, 0.2) is 4.34 Å². The number of carbonyl (C=O) groups is 1. The van der Waals surface area contributed by atoms with Crippen LogP contribution < -0.4 is 10.1 Å². The molecule has 0 bridgehead atoms. The molecule has 3 rings (SSSR count). The maximum atomic E-state index is 12.4. The second kappa shape index (κ2) is 8.87. The molecule has 0 radical (unpaired) electrons. The molecule has 1 atom stereocenters. The zero-order valence-corrected chi connectivity index (χ0v) is 16.3. The Morgan fingerprint density at radius 1 is 1.19 bits per heavy atom. The van der Waals surface area contributed by atoms with Crippen LogP contribution in [0.3, 0.4) is 0 Å². The number of amides is 1. The lowest BCUT2D eigenvalue weighted by Gasteiger charge is -2.12. The summed E-state index contributed by atoms with van der Waals surface area (Å²) in [5, 5.41) is 4.77. The number of carbonyl (C=O) groups excluding carboxylic acids is 1. The highest BCUT2D eigenvalue weighted by atomic mass is 32.2. The van der Waals surface area contributed by atoms with Crippen molar-refractivity contribution in [3.63, 3.8) is 0 Å².